The molecule has 1 fully saturated rings. The monoisotopic (exact) mass is 268 g/mol. The van der Waals surface area contributed by atoms with Crippen molar-refractivity contribution in [2.75, 3.05) is 18.0 Å². The number of carboxylic acids is 1. The summed E-state index contributed by atoms with van der Waals surface area (Å²) in [5, 5.41) is 8.93. The van der Waals surface area contributed by atoms with Gasteiger partial charge in [-0.15, -0.1) is 0 Å². The topological polar surface area (TPSA) is 62.5 Å². The van der Waals surface area contributed by atoms with Crippen molar-refractivity contribution in [3.63, 3.8) is 0 Å². The lowest BCUT2D eigenvalue weighted by Gasteiger charge is -2.31. The van der Waals surface area contributed by atoms with E-state index in [1.165, 1.54) is 16.8 Å². The van der Waals surface area contributed by atoms with E-state index in [9.17, 15) is 14.0 Å². The molecular formula is C13H17FN2O3. The number of nitrogens with zero attached hydrogens (tertiary/aromatic N) is 2. The maximum Gasteiger partial charge on any atom is 0.306 e. The lowest BCUT2D eigenvalue weighted by Crippen LogP contribution is -2.40. The predicted octanol–water partition coefficient (Wildman–Crippen LogP) is 1.31. The Morgan fingerprint density at radius 3 is 2.63 bits per heavy atom. The summed E-state index contributed by atoms with van der Waals surface area (Å²) in [5.41, 5.74) is -0.288. The van der Waals surface area contributed by atoms with E-state index < -0.39 is 17.7 Å². The lowest BCUT2D eigenvalue weighted by molar-refractivity contribution is -0.142. The number of aromatic nitrogens is 1. The highest BCUT2D eigenvalue weighted by Crippen LogP contribution is 2.23. The Morgan fingerprint density at radius 2 is 2.11 bits per heavy atom. The molecular weight excluding hydrogens is 251 g/mol. The fourth-order valence-electron chi connectivity index (χ4n) is 2.43. The number of pyridine rings is 1. The van der Waals surface area contributed by atoms with E-state index in [4.69, 9.17) is 5.11 Å². The molecule has 1 aromatic rings. The van der Waals surface area contributed by atoms with Gasteiger partial charge in [-0.05, 0) is 25.8 Å². The number of anilines is 1. The highest BCUT2D eigenvalue weighted by Gasteiger charge is 2.27. The standard InChI is InChI=1S/C13H17FN2O3/c1-2-15-8-5-10(14)11(12(15)17)16-6-3-9(4-7-16)13(18)19/h5,8-9H,2-4,6-7H2,1H3,(H,18,19). The van der Waals surface area contributed by atoms with E-state index in [0.29, 0.717) is 32.5 Å². The van der Waals surface area contributed by atoms with Crippen molar-refractivity contribution >= 4 is 11.7 Å². The number of aliphatic carboxylic acids is 1. The summed E-state index contributed by atoms with van der Waals surface area (Å²) in [4.78, 5) is 24.6. The van der Waals surface area contributed by atoms with Gasteiger partial charge in [-0.1, -0.05) is 0 Å². The molecule has 1 aromatic heterocycles. The van der Waals surface area contributed by atoms with Crippen molar-refractivity contribution in [1.29, 1.82) is 0 Å². The zero-order valence-electron chi connectivity index (χ0n) is 10.8. The van der Waals surface area contributed by atoms with Gasteiger partial charge in [0.05, 0.1) is 5.92 Å². The largest absolute Gasteiger partial charge is 0.481 e. The molecule has 1 aliphatic heterocycles. The number of rotatable bonds is 3. The van der Waals surface area contributed by atoms with Gasteiger partial charge in [0.25, 0.3) is 5.56 Å². The van der Waals surface area contributed by atoms with E-state index in [-0.39, 0.29) is 11.2 Å². The van der Waals surface area contributed by atoms with E-state index in [0.717, 1.165) is 0 Å². The Kier molecular flexibility index (Phi) is 3.87. The Balaban J connectivity index is 2.24. The Bertz CT molecular complexity index is 533. The van der Waals surface area contributed by atoms with Crippen LogP contribution in [0.25, 0.3) is 0 Å². The van der Waals surface area contributed by atoms with Gasteiger partial charge in [0, 0.05) is 25.8 Å². The quantitative estimate of drug-likeness (QED) is 0.897. The van der Waals surface area contributed by atoms with E-state index in [2.05, 4.69) is 0 Å². The van der Waals surface area contributed by atoms with Crippen LogP contribution >= 0.6 is 0 Å². The van der Waals surface area contributed by atoms with Crippen LogP contribution in [0.4, 0.5) is 10.1 Å². The number of aryl methyl sites for hydroxylation is 1. The zero-order valence-corrected chi connectivity index (χ0v) is 10.8. The molecule has 0 atom stereocenters. The Labute approximate surface area is 110 Å². The summed E-state index contributed by atoms with van der Waals surface area (Å²) >= 11 is 0. The fourth-order valence-corrected chi connectivity index (χ4v) is 2.43. The molecule has 19 heavy (non-hydrogen) atoms. The highest BCUT2D eigenvalue weighted by molar-refractivity contribution is 5.70. The van der Waals surface area contributed by atoms with Gasteiger partial charge >= 0.3 is 5.97 Å². The first kappa shape index (κ1) is 13.6. The minimum atomic E-state index is -0.820. The van der Waals surface area contributed by atoms with Crippen molar-refractivity contribution < 1.29 is 14.3 Å². The summed E-state index contributed by atoms with van der Waals surface area (Å²) in [7, 11) is 0. The Morgan fingerprint density at radius 1 is 1.47 bits per heavy atom. The minimum Gasteiger partial charge on any atom is -0.481 e. The van der Waals surface area contributed by atoms with Crippen molar-refractivity contribution in [2.24, 2.45) is 5.92 Å². The predicted molar refractivity (Wildman–Crippen MR) is 68.9 cm³/mol. The second kappa shape index (κ2) is 5.42. The molecule has 2 heterocycles. The summed E-state index contributed by atoms with van der Waals surface area (Å²) < 4.78 is 15.3. The normalized spacial score (nSPS) is 16.6. The molecule has 0 radical (unpaired) electrons. The van der Waals surface area contributed by atoms with Crippen LogP contribution in [0.15, 0.2) is 17.1 Å². The van der Waals surface area contributed by atoms with Crippen LogP contribution in [-0.2, 0) is 11.3 Å². The molecule has 0 aromatic carbocycles. The molecule has 0 unspecified atom stereocenters. The average Bonchev–Trinajstić information content (AvgIpc) is 2.39. The Hall–Kier alpha value is -1.85. The number of piperidine rings is 1. The van der Waals surface area contributed by atoms with E-state index in [1.807, 2.05) is 6.92 Å². The van der Waals surface area contributed by atoms with Gasteiger partial charge in [-0.3, -0.25) is 9.59 Å². The molecule has 0 bridgehead atoms. The first-order chi connectivity index (χ1) is 9.04. The highest BCUT2D eigenvalue weighted by atomic mass is 19.1. The minimum absolute atomic E-state index is 0.0631. The van der Waals surface area contributed by atoms with Crippen LogP contribution in [0.2, 0.25) is 0 Å². The fraction of sp³-hybridized carbons (Fsp3) is 0.538. The molecule has 0 amide bonds. The van der Waals surface area contributed by atoms with Crippen LogP contribution in [-0.4, -0.2) is 28.7 Å². The molecule has 1 N–H and O–H groups in total. The third-order valence-electron chi connectivity index (χ3n) is 3.59. The summed E-state index contributed by atoms with van der Waals surface area (Å²) in [6, 6.07) is 1.28. The number of carbonyl (C=O) groups is 1. The van der Waals surface area contributed by atoms with Crippen molar-refractivity contribution in [3.8, 4) is 0 Å². The van der Waals surface area contributed by atoms with Crippen LogP contribution in [0.1, 0.15) is 19.8 Å². The average molecular weight is 268 g/mol. The molecule has 1 aliphatic rings. The van der Waals surface area contributed by atoms with Gasteiger partial charge in [-0.25, -0.2) is 4.39 Å². The number of hydrogen-bond donors (Lipinski definition) is 1. The SMILES string of the molecule is CCn1ccc(F)c(N2CCC(C(=O)O)CC2)c1=O. The van der Waals surface area contributed by atoms with Gasteiger partial charge in [-0.2, -0.15) is 0 Å². The summed E-state index contributed by atoms with van der Waals surface area (Å²) in [6.07, 6.45) is 2.32. The molecule has 6 heteroatoms. The van der Waals surface area contributed by atoms with Crippen LogP contribution in [0.3, 0.4) is 0 Å². The van der Waals surface area contributed by atoms with Crippen LogP contribution in [0.5, 0.6) is 0 Å². The molecule has 5 nitrogen and oxygen atoms in total. The van der Waals surface area contributed by atoms with Crippen molar-refractivity contribution in [2.45, 2.75) is 26.3 Å². The molecule has 2 rings (SSSR count). The first-order valence-electron chi connectivity index (χ1n) is 6.41. The van der Waals surface area contributed by atoms with Gasteiger partial charge < -0.3 is 14.6 Å². The maximum atomic E-state index is 13.8. The number of carboxylic acid groups (broad SMARTS) is 1. The smallest absolute Gasteiger partial charge is 0.306 e. The number of halogens is 1. The van der Waals surface area contributed by atoms with Gasteiger partial charge in [0.2, 0.25) is 0 Å². The van der Waals surface area contributed by atoms with Crippen molar-refractivity contribution in [1.82, 2.24) is 4.57 Å². The zero-order chi connectivity index (χ0) is 14.0. The maximum absolute atomic E-state index is 13.8. The van der Waals surface area contributed by atoms with Crippen LogP contribution < -0.4 is 10.5 Å². The molecule has 104 valence electrons. The van der Waals surface area contributed by atoms with E-state index in [1.54, 1.807) is 4.90 Å². The van der Waals surface area contributed by atoms with Gasteiger partial charge in [0.15, 0.2) is 5.82 Å². The second-order valence-electron chi connectivity index (χ2n) is 4.70. The molecule has 0 saturated carbocycles. The second-order valence-corrected chi connectivity index (χ2v) is 4.70. The van der Waals surface area contributed by atoms with Gasteiger partial charge in [0.1, 0.15) is 5.69 Å². The lowest BCUT2D eigenvalue weighted by atomic mass is 9.97. The van der Waals surface area contributed by atoms with Crippen molar-refractivity contribution in [3.05, 3.63) is 28.4 Å². The number of hydrogen-bond acceptors (Lipinski definition) is 3. The summed E-state index contributed by atoms with van der Waals surface area (Å²) in [5.74, 6) is -1.75. The van der Waals surface area contributed by atoms with E-state index >= 15 is 0 Å². The van der Waals surface area contributed by atoms with Crippen LogP contribution in [0, 0.1) is 11.7 Å². The third kappa shape index (κ3) is 2.62. The third-order valence-corrected chi connectivity index (χ3v) is 3.59. The molecule has 0 spiro atoms. The summed E-state index contributed by atoms with van der Waals surface area (Å²) in [6.45, 7) is 3.10. The molecule has 0 aliphatic carbocycles. The molecule has 1 saturated heterocycles. The first-order valence-corrected chi connectivity index (χ1v) is 6.41.